The largest absolute Gasteiger partial charge is 0.354 e. The average molecular weight is 388 g/mol. The number of benzene rings is 1. The fraction of sp³-hybridized carbons (Fsp3) is 0.273. The molecule has 0 bridgehead atoms. The summed E-state index contributed by atoms with van der Waals surface area (Å²) in [5, 5.41) is 2.95. The number of likely N-dealkylation sites (N-methyl/N-ethyl adjacent to an activating group) is 1. The summed E-state index contributed by atoms with van der Waals surface area (Å²) in [6.45, 7) is 4.11. The minimum Gasteiger partial charge on any atom is -0.354 e. The highest BCUT2D eigenvalue weighted by molar-refractivity contribution is 5.93. The van der Waals surface area contributed by atoms with Crippen molar-refractivity contribution in [3.63, 3.8) is 0 Å². The number of amides is 1. The van der Waals surface area contributed by atoms with Gasteiger partial charge in [-0.3, -0.25) is 9.78 Å². The van der Waals surface area contributed by atoms with Gasteiger partial charge in [-0.1, -0.05) is 30.3 Å². The number of carbonyl (C=O) groups excluding carboxylic acids is 1. The molecule has 1 N–H and O–H groups in total. The highest BCUT2D eigenvalue weighted by atomic mass is 16.1. The van der Waals surface area contributed by atoms with Crippen molar-refractivity contribution in [3.8, 4) is 11.4 Å². The smallest absolute Gasteiger partial charge is 0.270 e. The van der Waals surface area contributed by atoms with Gasteiger partial charge in [0, 0.05) is 56.7 Å². The molecule has 7 heteroatoms. The second kappa shape index (κ2) is 8.79. The molecule has 0 aliphatic carbocycles. The third-order valence-corrected chi connectivity index (χ3v) is 5.01. The number of nitrogens with one attached hydrogen (secondary N) is 1. The number of piperazine rings is 1. The van der Waals surface area contributed by atoms with Crippen molar-refractivity contribution >= 4 is 11.7 Å². The Morgan fingerprint density at radius 2 is 1.72 bits per heavy atom. The van der Waals surface area contributed by atoms with Crippen molar-refractivity contribution in [3.05, 3.63) is 72.2 Å². The Hall–Kier alpha value is -3.32. The van der Waals surface area contributed by atoms with Gasteiger partial charge in [-0.15, -0.1) is 0 Å². The Morgan fingerprint density at radius 3 is 2.45 bits per heavy atom. The van der Waals surface area contributed by atoms with E-state index in [0.717, 1.165) is 43.1 Å². The molecule has 148 valence electrons. The summed E-state index contributed by atoms with van der Waals surface area (Å²) in [5.41, 5.74) is 2.26. The second-order valence-electron chi connectivity index (χ2n) is 7.13. The van der Waals surface area contributed by atoms with Gasteiger partial charge in [-0.05, 0) is 24.7 Å². The molecule has 1 aromatic carbocycles. The zero-order valence-electron chi connectivity index (χ0n) is 16.5. The summed E-state index contributed by atoms with van der Waals surface area (Å²) in [7, 11) is 2.12. The molecule has 1 amide bonds. The molecule has 0 saturated carbocycles. The van der Waals surface area contributed by atoms with Gasteiger partial charge in [-0.25, -0.2) is 9.97 Å². The quantitative estimate of drug-likeness (QED) is 0.722. The van der Waals surface area contributed by atoms with Crippen LogP contribution in [0.4, 0.5) is 5.82 Å². The van der Waals surface area contributed by atoms with E-state index < -0.39 is 0 Å². The molecular weight excluding hydrogens is 364 g/mol. The number of carbonyl (C=O) groups is 1. The third-order valence-electron chi connectivity index (χ3n) is 5.01. The summed E-state index contributed by atoms with van der Waals surface area (Å²) in [4.78, 5) is 30.7. The van der Waals surface area contributed by atoms with Crippen molar-refractivity contribution in [1.29, 1.82) is 0 Å². The Balaban J connectivity index is 1.61. The first-order chi connectivity index (χ1) is 14.2. The Kier molecular flexibility index (Phi) is 5.76. The van der Waals surface area contributed by atoms with Crippen molar-refractivity contribution in [2.45, 2.75) is 6.54 Å². The lowest BCUT2D eigenvalue weighted by molar-refractivity contribution is 0.0946. The van der Waals surface area contributed by atoms with E-state index >= 15 is 0 Å². The van der Waals surface area contributed by atoms with E-state index in [9.17, 15) is 4.79 Å². The van der Waals surface area contributed by atoms with Crippen molar-refractivity contribution < 1.29 is 4.79 Å². The first kappa shape index (κ1) is 19.0. The van der Waals surface area contributed by atoms with Crippen LogP contribution in [-0.2, 0) is 6.54 Å². The van der Waals surface area contributed by atoms with Crippen LogP contribution < -0.4 is 10.2 Å². The van der Waals surface area contributed by atoms with Crippen LogP contribution in [0.15, 0.2) is 60.9 Å². The molecule has 3 aromatic rings. The number of pyridine rings is 1. The normalized spacial score (nSPS) is 14.6. The highest BCUT2D eigenvalue weighted by Gasteiger charge is 2.19. The molecule has 2 aromatic heterocycles. The second-order valence-corrected chi connectivity index (χ2v) is 7.13. The Morgan fingerprint density at radius 1 is 1.00 bits per heavy atom. The van der Waals surface area contributed by atoms with Crippen LogP contribution in [0.3, 0.4) is 0 Å². The van der Waals surface area contributed by atoms with Crippen molar-refractivity contribution in [2.24, 2.45) is 0 Å². The molecule has 1 aliphatic rings. The van der Waals surface area contributed by atoms with E-state index in [1.165, 1.54) is 0 Å². The van der Waals surface area contributed by atoms with Gasteiger partial charge in [0.2, 0.25) is 0 Å². The fourth-order valence-electron chi connectivity index (χ4n) is 3.24. The number of hydrogen-bond donors (Lipinski definition) is 1. The lowest BCUT2D eigenvalue weighted by atomic mass is 10.2. The summed E-state index contributed by atoms with van der Waals surface area (Å²) in [6, 6.07) is 15.3. The predicted octanol–water partition coefficient (Wildman–Crippen LogP) is 2.22. The van der Waals surface area contributed by atoms with E-state index in [1.54, 1.807) is 18.5 Å². The first-order valence-electron chi connectivity index (χ1n) is 9.74. The number of rotatable bonds is 5. The topological polar surface area (TPSA) is 74.2 Å². The lowest BCUT2D eigenvalue weighted by Crippen LogP contribution is -2.45. The zero-order chi connectivity index (χ0) is 20.1. The third kappa shape index (κ3) is 4.75. The lowest BCUT2D eigenvalue weighted by Gasteiger charge is -2.33. The minimum atomic E-state index is -0.211. The molecule has 0 unspecified atom stereocenters. The van der Waals surface area contributed by atoms with E-state index in [0.29, 0.717) is 18.1 Å². The van der Waals surface area contributed by atoms with Crippen LogP contribution in [0.5, 0.6) is 0 Å². The van der Waals surface area contributed by atoms with Crippen LogP contribution >= 0.6 is 0 Å². The van der Waals surface area contributed by atoms with Gasteiger partial charge < -0.3 is 15.1 Å². The molecule has 1 saturated heterocycles. The molecular formula is C22H24N6O. The van der Waals surface area contributed by atoms with Crippen LogP contribution in [0.1, 0.15) is 16.1 Å². The molecule has 0 spiro atoms. The highest BCUT2D eigenvalue weighted by Crippen LogP contribution is 2.21. The van der Waals surface area contributed by atoms with E-state index in [-0.39, 0.29) is 5.91 Å². The first-order valence-corrected chi connectivity index (χ1v) is 9.74. The molecule has 1 aliphatic heterocycles. The number of aromatic nitrogens is 3. The average Bonchev–Trinajstić information content (AvgIpc) is 2.79. The maximum Gasteiger partial charge on any atom is 0.270 e. The van der Waals surface area contributed by atoms with Gasteiger partial charge in [0.15, 0.2) is 5.82 Å². The summed E-state index contributed by atoms with van der Waals surface area (Å²) < 4.78 is 0. The number of hydrogen-bond acceptors (Lipinski definition) is 6. The van der Waals surface area contributed by atoms with E-state index in [4.69, 9.17) is 4.98 Å². The molecule has 4 rings (SSSR count). The number of anilines is 1. The van der Waals surface area contributed by atoms with Crippen LogP contribution in [0, 0.1) is 0 Å². The molecule has 29 heavy (non-hydrogen) atoms. The fourth-order valence-corrected chi connectivity index (χ4v) is 3.24. The van der Waals surface area contributed by atoms with Crippen molar-refractivity contribution in [1.82, 2.24) is 25.2 Å². The monoisotopic (exact) mass is 388 g/mol. The van der Waals surface area contributed by atoms with Crippen LogP contribution in [0.25, 0.3) is 11.4 Å². The van der Waals surface area contributed by atoms with Gasteiger partial charge >= 0.3 is 0 Å². The standard InChI is InChI=1S/C22H24N6O/c1-27-11-13-28(14-12-27)20-15-19(22(29)24-16-17-7-9-23-10-8-17)25-21(26-20)18-5-3-2-4-6-18/h2-10,15H,11-14,16H2,1H3,(H,24,29). The van der Waals surface area contributed by atoms with Gasteiger partial charge in [0.25, 0.3) is 5.91 Å². The molecule has 1 fully saturated rings. The molecule has 0 atom stereocenters. The van der Waals surface area contributed by atoms with Crippen molar-refractivity contribution in [2.75, 3.05) is 38.1 Å². The number of nitrogens with zero attached hydrogens (tertiary/aromatic N) is 5. The Labute approximate surface area is 170 Å². The van der Waals surface area contributed by atoms with Crippen LogP contribution in [0.2, 0.25) is 0 Å². The van der Waals surface area contributed by atoms with Gasteiger partial charge in [0.05, 0.1) is 0 Å². The molecule has 7 nitrogen and oxygen atoms in total. The van der Waals surface area contributed by atoms with E-state index in [1.807, 2.05) is 42.5 Å². The maximum absolute atomic E-state index is 12.8. The summed E-state index contributed by atoms with van der Waals surface area (Å²) in [5.74, 6) is 1.15. The predicted molar refractivity (Wildman–Crippen MR) is 113 cm³/mol. The van der Waals surface area contributed by atoms with Gasteiger partial charge in [-0.2, -0.15) is 0 Å². The van der Waals surface area contributed by atoms with Gasteiger partial charge in [0.1, 0.15) is 11.5 Å². The maximum atomic E-state index is 12.8. The summed E-state index contributed by atoms with van der Waals surface area (Å²) in [6.07, 6.45) is 3.43. The minimum absolute atomic E-state index is 0.211. The Bertz CT molecular complexity index is 956. The SMILES string of the molecule is CN1CCN(c2cc(C(=O)NCc3ccncc3)nc(-c3ccccc3)n2)CC1. The van der Waals surface area contributed by atoms with Crippen LogP contribution in [-0.4, -0.2) is 59.0 Å². The van der Waals surface area contributed by atoms with E-state index in [2.05, 4.69) is 32.1 Å². The summed E-state index contributed by atoms with van der Waals surface area (Å²) >= 11 is 0. The zero-order valence-corrected chi connectivity index (χ0v) is 16.5. The molecule has 0 radical (unpaired) electrons. The molecule has 3 heterocycles.